The van der Waals surface area contributed by atoms with Gasteiger partial charge in [-0.25, -0.2) is 9.55 Å². The Morgan fingerprint density at radius 1 is 0.488 bits per heavy atom. The molecule has 0 amide bonds. The lowest BCUT2D eigenvalue weighted by Gasteiger charge is -2.16. The van der Waals surface area contributed by atoms with Crippen LogP contribution in [0.1, 0.15) is 238 Å². The van der Waals surface area contributed by atoms with E-state index in [1.54, 1.807) is 0 Å². The fourth-order valence-corrected chi connectivity index (χ4v) is 6.68. The van der Waals surface area contributed by atoms with E-state index in [0.717, 1.165) is 0 Å². The molecule has 2 heteroatoms. The minimum atomic E-state index is 0.599. The molecule has 2 unspecified atom stereocenters. The fraction of sp³-hybridized carbons (Fsp3) is 0.923. The second-order valence-electron chi connectivity index (χ2n) is 13.6. The van der Waals surface area contributed by atoms with E-state index in [-0.39, 0.29) is 0 Å². The van der Waals surface area contributed by atoms with Crippen LogP contribution in [0.25, 0.3) is 0 Å². The smallest absolute Gasteiger partial charge is 0.247 e. The Hall–Kier alpha value is -0.790. The van der Waals surface area contributed by atoms with Gasteiger partial charge in [0.1, 0.15) is 12.4 Å². The van der Waals surface area contributed by atoms with Crippen molar-refractivity contribution in [3.05, 3.63) is 18.2 Å². The number of imidazole rings is 1. The van der Waals surface area contributed by atoms with Crippen LogP contribution in [0, 0.1) is 0 Å². The van der Waals surface area contributed by atoms with E-state index in [9.17, 15) is 0 Å². The molecule has 0 aliphatic carbocycles. The van der Waals surface area contributed by atoms with Gasteiger partial charge in [0.15, 0.2) is 0 Å². The monoisotopic (exact) mass is 574 g/mol. The van der Waals surface area contributed by atoms with E-state index in [0.29, 0.717) is 12.0 Å². The quantitative estimate of drug-likeness (QED) is 0.0653. The number of rotatable bonds is 32. The third-order valence-electron chi connectivity index (χ3n) is 9.76. The van der Waals surface area contributed by atoms with Crippen molar-refractivity contribution in [1.29, 1.82) is 0 Å². The van der Waals surface area contributed by atoms with Crippen molar-refractivity contribution in [2.24, 2.45) is 0 Å². The van der Waals surface area contributed by atoms with Gasteiger partial charge >= 0.3 is 0 Å². The highest BCUT2D eigenvalue weighted by Gasteiger charge is 2.24. The van der Waals surface area contributed by atoms with Crippen LogP contribution in [0.15, 0.2) is 12.4 Å². The number of H-pyrrole nitrogens is 1. The standard InChI is InChI=1S/C39H76N2/c1-5-8-10-12-14-16-18-19-20-21-22-23-24-26-28-30-32-34-38(39-40-35-36-41(39)37(4)7-3)33-31-29-27-25-17-15-13-11-9-6-2/h35-38H,5-34H2,1-4H3/p+1. The van der Waals surface area contributed by atoms with Crippen LogP contribution in [-0.4, -0.2) is 4.98 Å². The normalized spacial score (nSPS) is 13.2. The predicted octanol–water partition coefficient (Wildman–Crippen LogP) is 13.7. The third kappa shape index (κ3) is 21.5. The summed E-state index contributed by atoms with van der Waals surface area (Å²) in [5, 5.41) is 0. The fourth-order valence-electron chi connectivity index (χ4n) is 6.68. The van der Waals surface area contributed by atoms with Crippen molar-refractivity contribution in [3.8, 4) is 0 Å². The Balaban J connectivity index is 2.15. The number of aromatic amines is 1. The van der Waals surface area contributed by atoms with Gasteiger partial charge in [-0.1, -0.05) is 194 Å². The SMILES string of the molecule is CCCCCCCCCCCCCCCCCCCC(CCCCCCCCCCCC)c1[nH]cc[n+]1C(C)CC. The molecule has 0 aliphatic heterocycles. The molecule has 0 spiro atoms. The Bertz CT molecular complexity index is 635. The van der Waals surface area contributed by atoms with E-state index in [1.807, 2.05) is 0 Å². The molecular formula is C39H77N2+. The maximum Gasteiger partial charge on any atom is 0.257 e. The molecule has 0 aliphatic rings. The zero-order valence-electron chi connectivity index (χ0n) is 29.0. The van der Waals surface area contributed by atoms with Crippen LogP contribution in [0.4, 0.5) is 0 Å². The lowest BCUT2D eigenvalue weighted by atomic mass is 9.93. The Labute approximate surface area is 259 Å². The zero-order chi connectivity index (χ0) is 29.6. The molecule has 0 fully saturated rings. The first-order chi connectivity index (χ1) is 20.2. The van der Waals surface area contributed by atoms with Crippen LogP contribution in [-0.2, 0) is 0 Å². The van der Waals surface area contributed by atoms with Crippen LogP contribution in [0.5, 0.6) is 0 Å². The molecule has 1 heterocycles. The molecule has 2 atom stereocenters. The average molecular weight is 574 g/mol. The molecule has 1 aromatic heterocycles. The summed E-state index contributed by atoms with van der Waals surface area (Å²) in [5.41, 5.74) is 0. The maximum absolute atomic E-state index is 3.68. The number of aromatic nitrogens is 2. The minimum absolute atomic E-state index is 0.599. The average Bonchev–Trinajstić information content (AvgIpc) is 3.48. The van der Waals surface area contributed by atoms with Crippen molar-refractivity contribution < 1.29 is 4.57 Å². The van der Waals surface area contributed by atoms with Gasteiger partial charge in [0, 0.05) is 0 Å². The number of hydrogen-bond donors (Lipinski definition) is 1. The lowest BCUT2D eigenvalue weighted by molar-refractivity contribution is -0.726. The Morgan fingerprint density at radius 3 is 1.12 bits per heavy atom. The van der Waals surface area contributed by atoms with Crippen molar-refractivity contribution in [3.63, 3.8) is 0 Å². The third-order valence-corrected chi connectivity index (χ3v) is 9.76. The molecular weight excluding hydrogens is 496 g/mol. The molecule has 2 nitrogen and oxygen atoms in total. The molecule has 0 saturated heterocycles. The van der Waals surface area contributed by atoms with E-state index < -0.39 is 0 Å². The number of nitrogens with one attached hydrogen (secondary N) is 1. The number of hydrogen-bond acceptors (Lipinski definition) is 0. The van der Waals surface area contributed by atoms with Crippen molar-refractivity contribution in [2.45, 2.75) is 232 Å². The molecule has 1 N–H and O–H groups in total. The highest BCUT2D eigenvalue weighted by molar-refractivity contribution is 4.90. The van der Waals surface area contributed by atoms with Crippen LogP contribution in [0.2, 0.25) is 0 Å². The zero-order valence-corrected chi connectivity index (χ0v) is 29.0. The molecule has 1 aromatic rings. The van der Waals surface area contributed by atoms with E-state index >= 15 is 0 Å². The molecule has 0 aromatic carbocycles. The van der Waals surface area contributed by atoms with Crippen LogP contribution in [0.3, 0.4) is 0 Å². The highest BCUT2D eigenvalue weighted by atomic mass is 15.1. The van der Waals surface area contributed by atoms with Gasteiger partial charge in [-0.3, -0.25) is 0 Å². The van der Waals surface area contributed by atoms with Gasteiger partial charge in [0.25, 0.3) is 5.82 Å². The van der Waals surface area contributed by atoms with Gasteiger partial charge in [-0.15, -0.1) is 0 Å². The summed E-state index contributed by atoms with van der Waals surface area (Å²) < 4.78 is 2.55. The molecule has 0 saturated carbocycles. The predicted molar refractivity (Wildman–Crippen MR) is 184 cm³/mol. The maximum atomic E-state index is 3.68. The van der Waals surface area contributed by atoms with Crippen LogP contribution < -0.4 is 4.57 Å². The lowest BCUT2D eigenvalue weighted by Crippen LogP contribution is -2.40. The summed E-state index contributed by atoms with van der Waals surface area (Å²) in [6.45, 7) is 9.32. The van der Waals surface area contributed by atoms with Crippen LogP contribution >= 0.6 is 0 Å². The van der Waals surface area contributed by atoms with Gasteiger partial charge in [0.2, 0.25) is 0 Å². The van der Waals surface area contributed by atoms with Crippen molar-refractivity contribution in [1.82, 2.24) is 4.98 Å². The molecule has 41 heavy (non-hydrogen) atoms. The minimum Gasteiger partial charge on any atom is -0.247 e. The van der Waals surface area contributed by atoms with Crippen molar-refractivity contribution in [2.75, 3.05) is 0 Å². The number of nitrogens with zero attached hydrogens (tertiary/aromatic N) is 1. The highest BCUT2D eigenvalue weighted by Crippen LogP contribution is 2.27. The van der Waals surface area contributed by atoms with Gasteiger partial charge in [-0.05, 0) is 26.2 Å². The van der Waals surface area contributed by atoms with E-state index in [2.05, 4.69) is 49.6 Å². The Morgan fingerprint density at radius 2 is 0.805 bits per heavy atom. The van der Waals surface area contributed by atoms with Gasteiger partial charge in [0.05, 0.1) is 12.0 Å². The Kier molecular flexibility index (Phi) is 27.3. The van der Waals surface area contributed by atoms with Gasteiger partial charge < -0.3 is 0 Å². The topological polar surface area (TPSA) is 19.7 Å². The largest absolute Gasteiger partial charge is 0.257 e. The first kappa shape index (κ1) is 38.2. The first-order valence-electron chi connectivity index (χ1n) is 19.3. The molecule has 0 bridgehead atoms. The summed E-state index contributed by atoms with van der Waals surface area (Å²) in [6, 6.07) is 0.599. The summed E-state index contributed by atoms with van der Waals surface area (Å²) in [7, 11) is 0. The number of unbranched alkanes of at least 4 members (excludes halogenated alkanes) is 25. The summed E-state index contributed by atoms with van der Waals surface area (Å²) in [5.74, 6) is 2.22. The first-order valence-corrected chi connectivity index (χ1v) is 19.3. The second-order valence-corrected chi connectivity index (χ2v) is 13.6. The molecule has 1 rings (SSSR count). The summed E-state index contributed by atoms with van der Waals surface area (Å²) >= 11 is 0. The molecule has 0 radical (unpaired) electrons. The van der Waals surface area contributed by atoms with E-state index in [4.69, 9.17) is 0 Å². The summed E-state index contributed by atoms with van der Waals surface area (Å²) in [6.07, 6.45) is 47.5. The molecule has 242 valence electrons. The van der Waals surface area contributed by atoms with Gasteiger partial charge in [-0.2, -0.15) is 0 Å². The van der Waals surface area contributed by atoms with E-state index in [1.165, 1.54) is 198 Å². The second kappa shape index (κ2) is 29.3. The van der Waals surface area contributed by atoms with Crippen molar-refractivity contribution >= 4 is 0 Å². The summed E-state index contributed by atoms with van der Waals surface area (Å²) in [4.78, 5) is 3.68.